The van der Waals surface area contributed by atoms with E-state index < -0.39 is 0 Å². The number of thiazole rings is 1. The Labute approximate surface area is 152 Å². The van der Waals surface area contributed by atoms with Crippen molar-refractivity contribution >= 4 is 17.2 Å². The highest BCUT2D eigenvalue weighted by Crippen LogP contribution is 2.31. The lowest BCUT2D eigenvalue weighted by Gasteiger charge is -2.34. The molecule has 2 aromatic rings. The molecule has 0 atom stereocenters. The van der Waals surface area contributed by atoms with Crippen molar-refractivity contribution < 1.29 is 14.3 Å². The SMILES string of the molecule is COc1cccc(C(=O)N2CCN(Cc3csc(C)n3)CC2)c1OC. The first-order valence-electron chi connectivity index (χ1n) is 8.26. The summed E-state index contributed by atoms with van der Waals surface area (Å²) in [4.78, 5) is 21.6. The molecule has 1 aromatic carbocycles. The van der Waals surface area contributed by atoms with E-state index in [0.717, 1.165) is 30.3 Å². The van der Waals surface area contributed by atoms with E-state index in [0.29, 0.717) is 30.2 Å². The lowest BCUT2D eigenvalue weighted by Crippen LogP contribution is -2.48. The van der Waals surface area contributed by atoms with E-state index in [-0.39, 0.29) is 5.91 Å². The molecule has 25 heavy (non-hydrogen) atoms. The molecule has 6 nitrogen and oxygen atoms in total. The number of benzene rings is 1. The van der Waals surface area contributed by atoms with Crippen LogP contribution >= 0.6 is 11.3 Å². The van der Waals surface area contributed by atoms with E-state index in [4.69, 9.17) is 9.47 Å². The summed E-state index contributed by atoms with van der Waals surface area (Å²) in [5.74, 6) is 1.06. The Morgan fingerprint density at radius 1 is 1.20 bits per heavy atom. The van der Waals surface area contributed by atoms with Crippen LogP contribution in [0.2, 0.25) is 0 Å². The number of rotatable bonds is 5. The Balaban J connectivity index is 1.64. The minimum atomic E-state index is -0.0140. The van der Waals surface area contributed by atoms with E-state index in [1.54, 1.807) is 37.7 Å². The summed E-state index contributed by atoms with van der Waals surface area (Å²) in [7, 11) is 3.13. The van der Waals surface area contributed by atoms with Crippen molar-refractivity contribution in [1.29, 1.82) is 0 Å². The van der Waals surface area contributed by atoms with Crippen molar-refractivity contribution in [3.05, 3.63) is 39.8 Å². The summed E-state index contributed by atoms with van der Waals surface area (Å²) in [6.07, 6.45) is 0. The van der Waals surface area contributed by atoms with Gasteiger partial charge in [-0.2, -0.15) is 0 Å². The van der Waals surface area contributed by atoms with Crippen molar-refractivity contribution in [2.24, 2.45) is 0 Å². The maximum atomic E-state index is 12.9. The quantitative estimate of drug-likeness (QED) is 0.819. The second kappa shape index (κ2) is 7.84. The van der Waals surface area contributed by atoms with Crippen molar-refractivity contribution in [3.63, 3.8) is 0 Å². The molecule has 0 spiro atoms. The molecule has 1 aliphatic heterocycles. The van der Waals surface area contributed by atoms with Crippen LogP contribution in [0.25, 0.3) is 0 Å². The zero-order chi connectivity index (χ0) is 17.8. The summed E-state index contributed by atoms with van der Waals surface area (Å²) in [6.45, 7) is 5.94. The van der Waals surface area contributed by atoms with E-state index in [1.807, 2.05) is 17.9 Å². The van der Waals surface area contributed by atoms with Crippen LogP contribution < -0.4 is 9.47 Å². The minimum Gasteiger partial charge on any atom is -0.493 e. The second-order valence-corrected chi connectivity index (χ2v) is 7.03. The van der Waals surface area contributed by atoms with Crippen LogP contribution in [0.15, 0.2) is 23.6 Å². The number of piperazine rings is 1. The number of methoxy groups -OCH3 is 2. The third-order valence-corrected chi connectivity index (χ3v) is 5.17. The third-order valence-electron chi connectivity index (χ3n) is 4.35. The monoisotopic (exact) mass is 361 g/mol. The van der Waals surface area contributed by atoms with Gasteiger partial charge in [0.05, 0.1) is 30.5 Å². The first-order valence-corrected chi connectivity index (χ1v) is 9.14. The van der Waals surface area contributed by atoms with E-state index >= 15 is 0 Å². The maximum Gasteiger partial charge on any atom is 0.257 e. The average molecular weight is 361 g/mol. The summed E-state index contributed by atoms with van der Waals surface area (Å²) >= 11 is 1.68. The van der Waals surface area contributed by atoms with Gasteiger partial charge in [0.2, 0.25) is 0 Å². The van der Waals surface area contributed by atoms with Crippen LogP contribution in [0.4, 0.5) is 0 Å². The Morgan fingerprint density at radius 2 is 1.96 bits per heavy atom. The van der Waals surface area contributed by atoms with Crippen molar-refractivity contribution in [2.45, 2.75) is 13.5 Å². The molecule has 0 unspecified atom stereocenters. The van der Waals surface area contributed by atoms with Gasteiger partial charge in [0, 0.05) is 38.1 Å². The number of amides is 1. The zero-order valence-corrected chi connectivity index (χ0v) is 15.6. The molecule has 1 fully saturated rings. The molecule has 1 aromatic heterocycles. The van der Waals surface area contributed by atoms with Gasteiger partial charge in [-0.3, -0.25) is 9.69 Å². The molecule has 1 saturated heterocycles. The molecule has 2 heterocycles. The van der Waals surface area contributed by atoms with E-state index in [9.17, 15) is 4.79 Å². The molecule has 7 heteroatoms. The predicted octanol–water partition coefficient (Wildman–Crippen LogP) is 2.43. The summed E-state index contributed by atoms with van der Waals surface area (Å²) in [5, 5.41) is 3.20. The lowest BCUT2D eigenvalue weighted by atomic mass is 10.1. The van der Waals surface area contributed by atoms with Gasteiger partial charge in [-0.1, -0.05) is 6.07 Å². The van der Waals surface area contributed by atoms with Gasteiger partial charge >= 0.3 is 0 Å². The fourth-order valence-electron chi connectivity index (χ4n) is 3.04. The Bertz CT molecular complexity index is 739. The molecule has 0 N–H and O–H groups in total. The van der Waals surface area contributed by atoms with Gasteiger partial charge in [0.15, 0.2) is 11.5 Å². The van der Waals surface area contributed by atoms with Crippen molar-refractivity contribution in [1.82, 2.24) is 14.8 Å². The lowest BCUT2D eigenvalue weighted by molar-refractivity contribution is 0.0623. The van der Waals surface area contributed by atoms with Crippen molar-refractivity contribution in [2.75, 3.05) is 40.4 Å². The van der Waals surface area contributed by atoms with Crippen LogP contribution in [0.1, 0.15) is 21.1 Å². The molecule has 3 rings (SSSR count). The smallest absolute Gasteiger partial charge is 0.257 e. The van der Waals surface area contributed by atoms with Crippen LogP contribution in [0.5, 0.6) is 11.5 Å². The maximum absolute atomic E-state index is 12.9. The number of hydrogen-bond acceptors (Lipinski definition) is 6. The number of hydrogen-bond donors (Lipinski definition) is 0. The van der Waals surface area contributed by atoms with E-state index in [1.165, 1.54) is 0 Å². The van der Waals surface area contributed by atoms with Gasteiger partial charge in [-0.25, -0.2) is 4.98 Å². The van der Waals surface area contributed by atoms with Gasteiger partial charge in [-0.05, 0) is 19.1 Å². The topological polar surface area (TPSA) is 54.9 Å². The third kappa shape index (κ3) is 3.93. The largest absolute Gasteiger partial charge is 0.493 e. The van der Waals surface area contributed by atoms with Crippen LogP contribution in [0, 0.1) is 6.92 Å². The molecular formula is C18H23N3O3S. The molecule has 1 aliphatic rings. The summed E-state index contributed by atoms with van der Waals surface area (Å²) in [6, 6.07) is 5.40. The van der Waals surface area contributed by atoms with Gasteiger partial charge in [0.1, 0.15) is 0 Å². The number of nitrogens with zero attached hydrogens (tertiary/aromatic N) is 3. The number of carbonyl (C=O) groups is 1. The number of ether oxygens (including phenoxy) is 2. The first kappa shape index (κ1) is 17.7. The Kier molecular flexibility index (Phi) is 5.55. The van der Waals surface area contributed by atoms with Gasteiger partial charge in [0.25, 0.3) is 5.91 Å². The molecule has 1 amide bonds. The summed E-state index contributed by atoms with van der Waals surface area (Å²) in [5.41, 5.74) is 1.65. The Hall–Kier alpha value is -2.12. The predicted molar refractivity (Wildman–Crippen MR) is 97.6 cm³/mol. The molecule has 0 aliphatic carbocycles. The molecule has 134 valence electrons. The highest BCUT2D eigenvalue weighted by Gasteiger charge is 2.25. The first-order chi connectivity index (χ1) is 12.1. The van der Waals surface area contributed by atoms with Crippen LogP contribution in [-0.2, 0) is 6.54 Å². The fraction of sp³-hybridized carbons (Fsp3) is 0.444. The zero-order valence-electron chi connectivity index (χ0n) is 14.8. The number of aromatic nitrogens is 1. The van der Waals surface area contributed by atoms with E-state index in [2.05, 4.69) is 15.3 Å². The van der Waals surface area contributed by atoms with Crippen molar-refractivity contribution in [3.8, 4) is 11.5 Å². The standard InChI is InChI=1S/C18H23N3O3S/c1-13-19-14(12-25-13)11-20-7-9-21(10-8-20)18(22)15-5-4-6-16(23-2)17(15)24-3/h4-6,12H,7-11H2,1-3H3. The highest BCUT2D eigenvalue weighted by atomic mass is 32.1. The van der Waals surface area contributed by atoms with Crippen LogP contribution in [0.3, 0.4) is 0 Å². The minimum absolute atomic E-state index is 0.0140. The second-order valence-electron chi connectivity index (χ2n) is 5.97. The molecule has 0 bridgehead atoms. The average Bonchev–Trinajstić information content (AvgIpc) is 3.05. The van der Waals surface area contributed by atoms with Gasteiger partial charge in [-0.15, -0.1) is 11.3 Å². The molecule has 0 radical (unpaired) electrons. The van der Waals surface area contributed by atoms with Gasteiger partial charge < -0.3 is 14.4 Å². The molecule has 0 saturated carbocycles. The highest BCUT2D eigenvalue weighted by molar-refractivity contribution is 7.09. The summed E-state index contributed by atoms with van der Waals surface area (Å²) < 4.78 is 10.7. The van der Waals surface area contributed by atoms with Crippen LogP contribution in [-0.4, -0.2) is 61.1 Å². The Morgan fingerprint density at radius 3 is 2.56 bits per heavy atom. The number of aryl methyl sites for hydroxylation is 1. The number of para-hydroxylation sites is 1. The molecular weight excluding hydrogens is 338 g/mol. The normalized spacial score (nSPS) is 15.2. The number of carbonyl (C=O) groups excluding carboxylic acids is 1. The fourth-order valence-corrected chi connectivity index (χ4v) is 3.65.